The third kappa shape index (κ3) is 5.04. The predicted molar refractivity (Wildman–Crippen MR) is 98.7 cm³/mol. The van der Waals surface area contributed by atoms with Crippen LogP contribution in [0, 0.1) is 17.0 Å². The first kappa shape index (κ1) is 21.8. The maximum absolute atomic E-state index is 13.1. The number of nitrogens with zero attached hydrogens (tertiary/aromatic N) is 3. The summed E-state index contributed by atoms with van der Waals surface area (Å²) in [6.45, 7) is 1.56. The number of hydrogen-bond donors (Lipinski definition) is 1. The minimum Gasteiger partial charge on any atom is -0.399 e. The highest BCUT2D eigenvalue weighted by molar-refractivity contribution is 7.51. The van der Waals surface area contributed by atoms with Crippen molar-refractivity contribution >= 4 is 22.9 Å². The number of nitro benzene ring substituents is 1. The summed E-state index contributed by atoms with van der Waals surface area (Å²) < 4.78 is 57.1. The zero-order valence-corrected chi connectivity index (χ0v) is 15.5. The van der Waals surface area contributed by atoms with Crippen LogP contribution >= 0.6 is 0 Å². The van der Waals surface area contributed by atoms with Crippen molar-refractivity contribution in [3.63, 3.8) is 0 Å². The largest absolute Gasteiger partial charge is 0.435 e. The Morgan fingerprint density at radius 3 is 2.21 bits per heavy atom. The molecule has 0 saturated heterocycles. The smallest absolute Gasteiger partial charge is 0.399 e. The van der Waals surface area contributed by atoms with Crippen LogP contribution in [0.15, 0.2) is 48.5 Å². The lowest BCUT2D eigenvalue weighted by molar-refractivity contribution is -0.385. The molecule has 0 aliphatic rings. The van der Waals surface area contributed by atoms with Gasteiger partial charge in [0.1, 0.15) is 0 Å². The molecular formula is C17H13F3N4O4S. The molecule has 0 atom stereocenters. The van der Waals surface area contributed by atoms with E-state index >= 15 is 0 Å². The average molecular weight is 426 g/mol. The summed E-state index contributed by atoms with van der Waals surface area (Å²) in [7, 11) is 0. The topological polar surface area (TPSA) is 121 Å². The van der Waals surface area contributed by atoms with Gasteiger partial charge in [0.25, 0.3) is 5.69 Å². The Balaban J connectivity index is 0.000000941. The van der Waals surface area contributed by atoms with Gasteiger partial charge in [-0.3, -0.25) is 10.1 Å². The van der Waals surface area contributed by atoms with Gasteiger partial charge in [0.15, 0.2) is 5.69 Å². The third-order valence-electron chi connectivity index (χ3n) is 3.84. The van der Waals surface area contributed by atoms with E-state index in [2.05, 4.69) is 5.10 Å². The molecule has 2 N–H and O–H groups in total. The molecule has 0 aliphatic heterocycles. The lowest BCUT2D eigenvalue weighted by atomic mass is 10.1. The minimum absolute atomic E-state index is 0.0881. The van der Waals surface area contributed by atoms with Crippen LogP contribution in [0.3, 0.4) is 0 Å². The number of benzene rings is 2. The van der Waals surface area contributed by atoms with Gasteiger partial charge in [-0.25, -0.2) is 4.68 Å². The Labute approximate surface area is 165 Å². The van der Waals surface area contributed by atoms with E-state index < -0.39 is 28.4 Å². The van der Waals surface area contributed by atoms with E-state index in [1.807, 2.05) is 0 Å². The molecule has 0 radical (unpaired) electrons. The maximum atomic E-state index is 13.1. The zero-order chi connectivity index (χ0) is 21.8. The SMILES string of the molecule is Cc1ccc(-c2cc(C(F)(F)F)nn2-c2ccc(N)cc2)cc1[N+](=O)[O-].O=S=O. The molecule has 3 rings (SSSR count). The molecule has 29 heavy (non-hydrogen) atoms. The fourth-order valence-electron chi connectivity index (χ4n) is 2.50. The zero-order valence-electron chi connectivity index (χ0n) is 14.7. The van der Waals surface area contributed by atoms with Crippen LogP contribution in [0.1, 0.15) is 11.3 Å². The number of halogens is 3. The number of rotatable bonds is 3. The summed E-state index contributed by atoms with van der Waals surface area (Å²) in [6, 6.07) is 11.2. The van der Waals surface area contributed by atoms with Gasteiger partial charge in [-0.2, -0.15) is 26.7 Å². The second-order valence-electron chi connectivity index (χ2n) is 5.74. The quantitative estimate of drug-likeness (QED) is 0.387. The van der Waals surface area contributed by atoms with E-state index in [1.54, 1.807) is 6.92 Å². The van der Waals surface area contributed by atoms with Crippen molar-refractivity contribution < 1.29 is 26.5 Å². The average Bonchev–Trinajstić information content (AvgIpc) is 3.09. The van der Waals surface area contributed by atoms with Gasteiger partial charge in [-0.1, -0.05) is 12.1 Å². The highest BCUT2D eigenvalue weighted by atomic mass is 32.1. The van der Waals surface area contributed by atoms with E-state index in [0.717, 1.165) is 10.7 Å². The first-order valence-corrected chi connectivity index (χ1v) is 8.45. The number of aryl methyl sites for hydroxylation is 1. The van der Waals surface area contributed by atoms with Crippen LogP contribution in [-0.4, -0.2) is 23.1 Å². The monoisotopic (exact) mass is 426 g/mol. The van der Waals surface area contributed by atoms with E-state index in [4.69, 9.17) is 14.2 Å². The molecule has 12 heteroatoms. The second kappa shape index (κ2) is 8.65. The molecule has 0 bridgehead atoms. The molecule has 0 unspecified atom stereocenters. The van der Waals surface area contributed by atoms with E-state index in [9.17, 15) is 23.3 Å². The van der Waals surface area contributed by atoms with E-state index in [0.29, 0.717) is 16.9 Å². The Kier molecular flexibility index (Phi) is 6.49. The van der Waals surface area contributed by atoms with Crippen LogP contribution < -0.4 is 5.73 Å². The van der Waals surface area contributed by atoms with E-state index in [-0.39, 0.29) is 16.9 Å². The van der Waals surface area contributed by atoms with Gasteiger partial charge in [0.2, 0.25) is 0 Å². The lowest BCUT2D eigenvalue weighted by Crippen LogP contribution is -2.07. The molecule has 0 saturated carbocycles. The van der Waals surface area contributed by atoms with Crippen LogP contribution in [0.5, 0.6) is 0 Å². The fourth-order valence-corrected chi connectivity index (χ4v) is 2.50. The number of hydrogen-bond acceptors (Lipinski definition) is 6. The molecule has 0 aliphatic carbocycles. The standard InChI is InChI=1S/C17H13F3N4O2.O2S/c1-10-2-3-11(8-14(10)24(25)26)15-9-16(17(18,19)20)22-23(15)13-6-4-12(21)5-7-13;1-3-2/h2-9H,21H2,1H3;. The number of nitrogens with two attached hydrogens (primary N) is 1. The summed E-state index contributed by atoms with van der Waals surface area (Å²) in [5, 5.41) is 14.8. The van der Waals surface area contributed by atoms with Crippen molar-refractivity contribution in [2.45, 2.75) is 13.1 Å². The van der Waals surface area contributed by atoms with Crippen molar-refractivity contribution in [1.82, 2.24) is 9.78 Å². The molecule has 3 aromatic rings. The van der Waals surface area contributed by atoms with Gasteiger partial charge < -0.3 is 5.73 Å². The van der Waals surface area contributed by atoms with Crippen molar-refractivity contribution in [1.29, 1.82) is 0 Å². The minimum atomic E-state index is -4.65. The third-order valence-corrected chi connectivity index (χ3v) is 3.84. The highest BCUT2D eigenvalue weighted by Gasteiger charge is 2.35. The predicted octanol–water partition coefficient (Wildman–Crippen LogP) is 3.69. The van der Waals surface area contributed by atoms with Crippen LogP contribution in [0.4, 0.5) is 24.5 Å². The van der Waals surface area contributed by atoms with Crippen LogP contribution in [0.2, 0.25) is 0 Å². The molecule has 2 aromatic carbocycles. The number of nitrogen functional groups attached to an aromatic ring is 1. The first-order chi connectivity index (χ1) is 13.6. The Morgan fingerprint density at radius 2 is 1.69 bits per heavy atom. The summed E-state index contributed by atoms with van der Waals surface area (Å²) in [6.07, 6.45) is -4.65. The summed E-state index contributed by atoms with van der Waals surface area (Å²) in [5.74, 6) is 0. The number of nitro groups is 1. The van der Waals surface area contributed by atoms with Gasteiger partial charge in [0, 0.05) is 22.9 Å². The lowest BCUT2D eigenvalue weighted by Gasteiger charge is -2.08. The Hall–Kier alpha value is -3.54. The number of aromatic nitrogens is 2. The van der Waals surface area contributed by atoms with Gasteiger partial charge in [-0.15, -0.1) is 0 Å². The van der Waals surface area contributed by atoms with E-state index in [1.165, 1.54) is 42.5 Å². The number of alkyl halides is 3. The van der Waals surface area contributed by atoms with Crippen molar-refractivity contribution in [2.24, 2.45) is 0 Å². The molecule has 152 valence electrons. The van der Waals surface area contributed by atoms with Crippen LogP contribution in [-0.2, 0) is 17.7 Å². The molecule has 1 aromatic heterocycles. The molecule has 0 amide bonds. The molecule has 0 spiro atoms. The summed E-state index contributed by atoms with van der Waals surface area (Å²) in [5.41, 5.74) is 5.90. The van der Waals surface area contributed by atoms with Crippen molar-refractivity contribution in [3.8, 4) is 16.9 Å². The fraction of sp³-hybridized carbons (Fsp3) is 0.118. The van der Waals surface area contributed by atoms with Gasteiger partial charge >= 0.3 is 17.7 Å². The highest BCUT2D eigenvalue weighted by Crippen LogP contribution is 2.34. The first-order valence-electron chi connectivity index (χ1n) is 7.79. The van der Waals surface area contributed by atoms with Gasteiger partial charge in [-0.05, 0) is 37.3 Å². The molecular weight excluding hydrogens is 413 g/mol. The normalized spacial score (nSPS) is 10.8. The number of anilines is 1. The summed E-state index contributed by atoms with van der Waals surface area (Å²) >= 11 is -0.750. The maximum Gasteiger partial charge on any atom is 0.435 e. The molecule has 8 nitrogen and oxygen atoms in total. The molecule has 0 fully saturated rings. The van der Waals surface area contributed by atoms with Crippen LogP contribution in [0.25, 0.3) is 16.9 Å². The second-order valence-corrected chi connectivity index (χ2v) is 5.88. The van der Waals surface area contributed by atoms with Crippen molar-refractivity contribution in [2.75, 3.05) is 5.73 Å². The Bertz CT molecular complexity index is 1080. The molecule has 1 heterocycles. The Morgan fingerprint density at radius 1 is 1.10 bits per heavy atom. The summed E-state index contributed by atoms with van der Waals surface area (Å²) in [4.78, 5) is 10.6. The van der Waals surface area contributed by atoms with Gasteiger partial charge in [0.05, 0.1) is 16.3 Å². The van der Waals surface area contributed by atoms with Crippen molar-refractivity contribution in [3.05, 3.63) is 69.9 Å².